The van der Waals surface area contributed by atoms with Crippen LogP contribution in [0.25, 0.3) is 0 Å². The van der Waals surface area contributed by atoms with E-state index in [1.165, 1.54) is 109 Å². The Morgan fingerprint density at radius 2 is 1.12 bits per heavy atom. The highest BCUT2D eigenvalue weighted by Gasteiger charge is 2.37. The van der Waals surface area contributed by atoms with E-state index in [9.17, 15) is 9.90 Å². The average molecular weight is 482 g/mol. The Morgan fingerprint density at radius 3 is 1.50 bits per heavy atom. The van der Waals surface area contributed by atoms with Gasteiger partial charge in [-0.3, -0.25) is 0 Å². The molecule has 0 aliphatic rings. The van der Waals surface area contributed by atoms with Gasteiger partial charge in [0.05, 0.1) is 27.2 Å². The number of hydrogen-bond donors (Lipinski definition) is 2. The number of aliphatic carboxylic acids is 1. The Bertz CT molecular complexity index is 485. The fraction of sp³-hybridized carbons (Fsp3) is 0.900. The molecule has 0 aliphatic carbocycles. The van der Waals surface area contributed by atoms with Gasteiger partial charge in [-0.15, -0.1) is 0 Å². The summed E-state index contributed by atoms with van der Waals surface area (Å²) < 4.78 is 0.455. The first-order chi connectivity index (χ1) is 16.3. The van der Waals surface area contributed by atoms with Gasteiger partial charge in [-0.05, 0) is 45.1 Å². The molecule has 0 saturated carbocycles. The molecule has 0 fully saturated rings. The monoisotopic (exact) mass is 481 g/mol. The molecular weight excluding hydrogens is 420 g/mol. The molecule has 202 valence electrons. The van der Waals surface area contributed by atoms with Crippen LogP contribution in [0.4, 0.5) is 0 Å². The third kappa shape index (κ3) is 19.4. The number of likely N-dealkylation sites (N-methyl/N-ethyl adjacent to an activating group) is 1. The van der Waals surface area contributed by atoms with E-state index < -0.39 is 12.0 Å². The highest BCUT2D eigenvalue weighted by Crippen LogP contribution is 2.14. The van der Waals surface area contributed by atoms with E-state index in [2.05, 4.69) is 31.3 Å². The number of nitrogens with zero attached hydrogens (tertiary/aromatic N) is 1. The minimum absolute atomic E-state index is 0.0355. The summed E-state index contributed by atoms with van der Waals surface area (Å²) in [5.41, 5.74) is 0. The average Bonchev–Trinajstić information content (AvgIpc) is 2.78. The quantitative estimate of drug-likeness (QED) is 0.0786. The SMILES string of the molecule is CCCCCCCC/C=C\CCCCCCCCCCCCNC(CC)C(C(=O)O)[N+](C)(C)C. The number of carboxylic acid groups (broad SMARTS) is 1. The molecule has 2 N–H and O–H groups in total. The van der Waals surface area contributed by atoms with E-state index in [0.717, 1.165) is 19.4 Å². The lowest BCUT2D eigenvalue weighted by Gasteiger charge is -2.36. The maximum Gasteiger partial charge on any atom is 0.364 e. The molecule has 0 saturated heterocycles. The number of unbranched alkanes of at least 4 members (excludes halogenated alkanes) is 16. The first-order valence-corrected chi connectivity index (χ1v) is 14.8. The zero-order valence-electron chi connectivity index (χ0n) is 23.8. The second-order valence-corrected chi connectivity index (χ2v) is 11.2. The minimum atomic E-state index is -0.702. The van der Waals surface area contributed by atoms with Crippen LogP contribution in [0.1, 0.15) is 136 Å². The van der Waals surface area contributed by atoms with Crippen LogP contribution in [0.2, 0.25) is 0 Å². The van der Waals surface area contributed by atoms with Gasteiger partial charge in [0.25, 0.3) is 0 Å². The van der Waals surface area contributed by atoms with Crippen LogP contribution in [0, 0.1) is 0 Å². The molecule has 34 heavy (non-hydrogen) atoms. The third-order valence-corrected chi connectivity index (χ3v) is 7.00. The van der Waals surface area contributed by atoms with Crippen LogP contribution in [0.3, 0.4) is 0 Å². The maximum absolute atomic E-state index is 11.7. The normalized spacial score (nSPS) is 14.0. The van der Waals surface area contributed by atoms with Crippen LogP contribution in [-0.2, 0) is 4.79 Å². The standard InChI is InChI=1S/C30H60N2O2/c1-6-8-9-10-11-12-13-14-15-16-17-18-19-20-21-22-23-24-25-26-27-31-28(7-2)29(30(33)34)32(3,4)5/h14-15,28-29,31H,6-13,16-27H2,1-5H3/p+1/b15-14-. The second-order valence-electron chi connectivity index (χ2n) is 11.2. The molecule has 2 unspecified atom stereocenters. The highest BCUT2D eigenvalue weighted by atomic mass is 16.4. The van der Waals surface area contributed by atoms with E-state index in [0.29, 0.717) is 4.48 Å². The summed E-state index contributed by atoms with van der Waals surface area (Å²) in [6.07, 6.45) is 29.9. The number of nitrogens with one attached hydrogen (secondary N) is 1. The molecule has 4 heteroatoms. The topological polar surface area (TPSA) is 49.3 Å². The van der Waals surface area contributed by atoms with Gasteiger partial charge in [-0.1, -0.05) is 109 Å². The summed E-state index contributed by atoms with van der Waals surface area (Å²) in [5.74, 6) is -0.702. The first kappa shape index (κ1) is 33.1. The second kappa shape index (κ2) is 22.6. The zero-order valence-corrected chi connectivity index (χ0v) is 23.8. The smallest absolute Gasteiger partial charge is 0.364 e. The van der Waals surface area contributed by atoms with Gasteiger partial charge < -0.3 is 14.9 Å². The third-order valence-electron chi connectivity index (χ3n) is 7.00. The number of allylic oxidation sites excluding steroid dienone is 2. The van der Waals surface area contributed by atoms with E-state index in [1.807, 2.05) is 21.1 Å². The summed E-state index contributed by atoms with van der Waals surface area (Å²) in [4.78, 5) is 11.7. The molecule has 0 aromatic carbocycles. The van der Waals surface area contributed by atoms with Crippen molar-refractivity contribution in [1.82, 2.24) is 5.32 Å². The van der Waals surface area contributed by atoms with Crippen LogP contribution < -0.4 is 5.32 Å². The van der Waals surface area contributed by atoms with Crippen molar-refractivity contribution in [3.05, 3.63) is 12.2 Å². The predicted octanol–water partition coefficient (Wildman–Crippen LogP) is 8.11. The summed E-state index contributed by atoms with van der Waals surface area (Å²) in [6, 6.07) is -0.362. The largest absolute Gasteiger partial charge is 0.477 e. The molecule has 0 radical (unpaired) electrons. The van der Waals surface area contributed by atoms with E-state index in [-0.39, 0.29) is 6.04 Å². The first-order valence-electron chi connectivity index (χ1n) is 14.8. The number of carboxylic acids is 1. The Morgan fingerprint density at radius 1 is 0.706 bits per heavy atom. The van der Waals surface area contributed by atoms with E-state index in [4.69, 9.17) is 0 Å². The summed E-state index contributed by atoms with van der Waals surface area (Å²) in [5, 5.41) is 13.1. The molecule has 0 aromatic heterocycles. The van der Waals surface area contributed by atoms with Gasteiger partial charge in [-0.2, -0.15) is 0 Å². The lowest BCUT2D eigenvalue weighted by Crippen LogP contribution is -2.60. The molecule has 0 aromatic rings. The van der Waals surface area contributed by atoms with Gasteiger partial charge in [-0.25, -0.2) is 4.79 Å². The van der Waals surface area contributed by atoms with Crippen molar-refractivity contribution in [3.8, 4) is 0 Å². The Kier molecular flexibility index (Phi) is 22.0. The molecule has 0 aliphatic heterocycles. The molecule has 0 rings (SSSR count). The summed E-state index contributed by atoms with van der Waals surface area (Å²) >= 11 is 0. The van der Waals surface area contributed by atoms with Crippen LogP contribution in [-0.4, -0.2) is 55.3 Å². The lowest BCUT2D eigenvalue weighted by atomic mass is 10.0. The molecule has 0 spiro atoms. The zero-order chi connectivity index (χ0) is 25.5. The fourth-order valence-corrected chi connectivity index (χ4v) is 4.89. The molecular formula is C30H61N2O2+. The van der Waals surface area contributed by atoms with Gasteiger partial charge in [0.2, 0.25) is 6.04 Å². The molecule has 0 amide bonds. The Hall–Kier alpha value is -0.870. The molecule has 4 nitrogen and oxygen atoms in total. The molecule has 2 atom stereocenters. The lowest BCUT2D eigenvalue weighted by molar-refractivity contribution is -0.888. The van der Waals surface area contributed by atoms with Crippen molar-refractivity contribution in [2.24, 2.45) is 0 Å². The van der Waals surface area contributed by atoms with Gasteiger partial charge in [0.15, 0.2) is 0 Å². The van der Waals surface area contributed by atoms with Crippen LogP contribution in [0.5, 0.6) is 0 Å². The highest BCUT2D eigenvalue weighted by molar-refractivity contribution is 5.73. The number of rotatable bonds is 25. The Labute approximate surface area is 213 Å². The summed E-state index contributed by atoms with van der Waals surface area (Å²) in [6.45, 7) is 5.29. The predicted molar refractivity (Wildman–Crippen MR) is 149 cm³/mol. The van der Waals surface area contributed by atoms with E-state index >= 15 is 0 Å². The number of quaternary nitrogens is 1. The maximum atomic E-state index is 11.7. The minimum Gasteiger partial charge on any atom is -0.477 e. The Balaban J connectivity index is 3.48. The van der Waals surface area contributed by atoms with Crippen molar-refractivity contribution in [2.45, 2.75) is 148 Å². The van der Waals surface area contributed by atoms with Gasteiger partial charge in [0.1, 0.15) is 0 Å². The molecule has 0 bridgehead atoms. The van der Waals surface area contributed by atoms with Crippen LogP contribution >= 0.6 is 0 Å². The van der Waals surface area contributed by atoms with Crippen molar-refractivity contribution in [1.29, 1.82) is 0 Å². The number of hydrogen-bond acceptors (Lipinski definition) is 2. The van der Waals surface area contributed by atoms with Gasteiger partial charge in [0, 0.05) is 0 Å². The van der Waals surface area contributed by atoms with E-state index in [1.54, 1.807) is 0 Å². The van der Waals surface area contributed by atoms with Crippen LogP contribution in [0.15, 0.2) is 12.2 Å². The van der Waals surface area contributed by atoms with Gasteiger partial charge >= 0.3 is 5.97 Å². The van der Waals surface area contributed by atoms with Crippen molar-refractivity contribution >= 4 is 5.97 Å². The fourth-order valence-electron chi connectivity index (χ4n) is 4.89. The van der Waals surface area contributed by atoms with Crippen molar-refractivity contribution < 1.29 is 14.4 Å². The van der Waals surface area contributed by atoms with Crippen molar-refractivity contribution in [3.63, 3.8) is 0 Å². The van der Waals surface area contributed by atoms with Crippen molar-refractivity contribution in [2.75, 3.05) is 27.7 Å². The summed E-state index contributed by atoms with van der Waals surface area (Å²) in [7, 11) is 5.91. The molecule has 0 heterocycles. The number of carbonyl (C=O) groups is 1.